The number of hydrogen-bond acceptors (Lipinski definition) is 5. The van der Waals surface area contributed by atoms with E-state index in [0.717, 1.165) is 17.2 Å². The smallest absolute Gasteiger partial charge is 0.483 e. The first-order valence-corrected chi connectivity index (χ1v) is 11.2. The van der Waals surface area contributed by atoms with E-state index in [2.05, 4.69) is 19.8 Å². The number of carbonyl (C=O) groups is 2. The summed E-state index contributed by atoms with van der Waals surface area (Å²) in [5.74, 6) is -1.58. The van der Waals surface area contributed by atoms with Gasteiger partial charge < -0.3 is 19.9 Å². The molecule has 1 unspecified atom stereocenters. The molecule has 1 aromatic carbocycles. The average Bonchev–Trinajstić information content (AvgIpc) is 2.76. The van der Waals surface area contributed by atoms with E-state index in [1.165, 1.54) is 58.0 Å². The fourth-order valence-electron chi connectivity index (χ4n) is 3.58. The van der Waals surface area contributed by atoms with E-state index in [1.54, 1.807) is 0 Å². The van der Waals surface area contributed by atoms with Gasteiger partial charge in [-0.25, -0.2) is 4.79 Å². The van der Waals surface area contributed by atoms with Crippen molar-refractivity contribution in [1.29, 1.82) is 0 Å². The molecule has 38 heavy (non-hydrogen) atoms. The van der Waals surface area contributed by atoms with Gasteiger partial charge in [-0.1, -0.05) is 18.2 Å². The van der Waals surface area contributed by atoms with Crippen LogP contribution in [0.5, 0.6) is 11.5 Å². The number of carbonyl (C=O) groups excluding carboxylic acids is 1. The summed E-state index contributed by atoms with van der Waals surface area (Å²) < 4.78 is 84.4. The highest BCUT2D eigenvalue weighted by atomic mass is 19.4. The third-order valence-corrected chi connectivity index (χ3v) is 5.12. The van der Waals surface area contributed by atoms with Crippen molar-refractivity contribution in [1.82, 2.24) is 15.2 Å². The average molecular weight is 551 g/mol. The zero-order valence-corrected chi connectivity index (χ0v) is 20.9. The summed E-state index contributed by atoms with van der Waals surface area (Å²) in [6, 6.07) is 5.26. The Hall–Kier alpha value is -3.71. The third kappa shape index (κ3) is 9.30. The summed E-state index contributed by atoms with van der Waals surface area (Å²) in [6.45, 7) is 4.54. The first-order valence-electron chi connectivity index (χ1n) is 11.2. The first kappa shape index (κ1) is 30.5. The van der Waals surface area contributed by atoms with Crippen LogP contribution in [0.25, 0.3) is 0 Å². The van der Waals surface area contributed by atoms with Crippen LogP contribution in [0.4, 0.5) is 31.1 Å². The molecular formula is C24H27F6N3O5. The van der Waals surface area contributed by atoms with Gasteiger partial charge in [0.25, 0.3) is 0 Å². The zero-order valence-electron chi connectivity index (χ0n) is 20.9. The van der Waals surface area contributed by atoms with Crippen LogP contribution >= 0.6 is 0 Å². The molecule has 2 rings (SSSR count). The van der Waals surface area contributed by atoms with E-state index >= 15 is 0 Å². The number of nitrogens with zero attached hydrogens (tertiary/aromatic N) is 2. The van der Waals surface area contributed by atoms with Crippen molar-refractivity contribution in [2.45, 2.75) is 64.3 Å². The van der Waals surface area contributed by atoms with Crippen molar-refractivity contribution in [2.24, 2.45) is 0 Å². The highest BCUT2D eigenvalue weighted by Gasteiger charge is 2.39. The maximum Gasteiger partial charge on any atom is 0.573 e. The predicted octanol–water partition coefficient (Wildman–Crippen LogP) is 5.49. The molecule has 210 valence electrons. The molecule has 0 aliphatic heterocycles. The largest absolute Gasteiger partial charge is 0.573 e. The van der Waals surface area contributed by atoms with Crippen LogP contribution in [0.1, 0.15) is 45.0 Å². The maximum absolute atomic E-state index is 13.3. The van der Waals surface area contributed by atoms with Gasteiger partial charge in [-0.05, 0) is 51.5 Å². The molecule has 2 amide bonds. The topological polar surface area (TPSA) is 101 Å². The Morgan fingerprint density at radius 2 is 1.68 bits per heavy atom. The minimum Gasteiger partial charge on any atom is -0.483 e. The summed E-state index contributed by atoms with van der Waals surface area (Å²) >= 11 is 0. The van der Waals surface area contributed by atoms with Crippen molar-refractivity contribution >= 4 is 12.0 Å². The summed E-state index contributed by atoms with van der Waals surface area (Å²) in [5, 5.41) is 12.5. The lowest BCUT2D eigenvalue weighted by molar-refractivity contribution is -0.274. The first-order chi connectivity index (χ1) is 17.4. The predicted molar refractivity (Wildman–Crippen MR) is 123 cm³/mol. The molecule has 0 aliphatic rings. The molecule has 0 fully saturated rings. The van der Waals surface area contributed by atoms with Gasteiger partial charge in [0.05, 0.1) is 17.9 Å². The number of nitrogens with one attached hydrogen (secondary N) is 1. The maximum atomic E-state index is 13.3. The van der Waals surface area contributed by atoms with Gasteiger partial charge in [0, 0.05) is 12.0 Å². The molecule has 8 nitrogen and oxygen atoms in total. The highest BCUT2D eigenvalue weighted by Crippen LogP contribution is 2.30. The summed E-state index contributed by atoms with van der Waals surface area (Å²) in [7, 11) is 0. The monoisotopic (exact) mass is 551 g/mol. The van der Waals surface area contributed by atoms with Crippen molar-refractivity contribution in [2.75, 3.05) is 6.61 Å². The van der Waals surface area contributed by atoms with Gasteiger partial charge in [0.2, 0.25) is 5.91 Å². The summed E-state index contributed by atoms with van der Waals surface area (Å²) in [6.07, 6.45) is -10.5. The third-order valence-electron chi connectivity index (χ3n) is 5.12. The van der Waals surface area contributed by atoms with Crippen molar-refractivity contribution in [3.05, 3.63) is 53.9 Å². The molecule has 0 spiro atoms. The van der Waals surface area contributed by atoms with Gasteiger partial charge in [0.15, 0.2) is 6.61 Å². The fraction of sp³-hybridized carbons (Fsp3) is 0.458. The van der Waals surface area contributed by atoms with E-state index in [-0.39, 0.29) is 17.0 Å². The van der Waals surface area contributed by atoms with E-state index in [1.807, 2.05) is 0 Å². The van der Waals surface area contributed by atoms with Crippen LogP contribution < -0.4 is 14.8 Å². The number of benzene rings is 1. The number of ether oxygens (including phenoxy) is 2. The second-order valence-corrected chi connectivity index (χ2v) is 9.25. The number of amides is 2. The van der Waals surface area contributed by atoms with Crippen molar-refractivity contribution in [3.8, 4) is 11.5 Å². The van der Waals surface area contributed by atoms with Gasteiger partial charge in [-0.2, -0.15) is 13.2 Å². The Morgan fingerprint density at radius 3 is 2.18 bits per heavy atom. The Kier molecular flexibility index (Phi) is 9.46. The number of halogens is 6. The lowest BCUT2D eigenvalue weighted by Gasteiger charge is -2.39. The lowest BCUT2D eigenvalue weighted by Crippen LogP contribution is -2.57. The Morgan fingerprint density at radius 1 is 1.05 bits per heavy atom. The van der Waals surface area contributed by atoms with Crippen LogP contribution in [0, 0.1) is 0 Å². The molecule has 0 radical (unpaired) electrons. The molecular weight excluding hydrogens is 524 g/mol. The second-order valence-electron chi connectivity index (χ2n) is 9.25. The Labute approximate surface area is 214 Å². The van der Waals surface area contributed by atoms with Crippen LogP contribution in [0.2, 0.25) is 0 Å². The van der Waals surface area contributed by atoms with E-state index in [9.17, 15) is 41.0 Å². The number of pyridine rings is 1. The lowest BCUT2D eigenvalue weighted by atomic mass is 9.97. The van der Waals surface area contributed by atoms with Gasteiger partial charge in [-0.3, -0.25) is 14.7 Å². The Balaban J connectivity index is 2.32. The minimum absolute atomic E-state index is 0.0579. The number of alkyl halides is 6. The van der Waals surface area contributed by atoms with Crippen molar-refractivity contribution < 1.29 is 50.5 Å². The normalized spacial score (nSPS) is 13.8. The van der Waals surface area contributed by atoms with Crippen LogP contribution in [0.3, 0.4) is 0 Å². The van der Waals surface area contributed by atoms with Crippen LogP contribution in [-0.4, -0.2) is 57.7 Å². The standard InChI is InChI=1S/C24H27F6N3O5/c1-14(17-10-9-16(12-31-17)37-13-23(25,26)27)32-20(34)18(33(21(35)36)22(2,3)4)11-15-7-5-6-8-19(15)38-24(28,29)30/h5-10,12,14,18H,11,13H2,1-4H3,(H,32,34)(H,35,36)/t14-,18?/m1/s1. The molecule has 0 saturated heterocycles. The molecule has 1 heterocycles. The number of para-hydroxylation sites is 1. The number of rotatable bonds is 9. The highest BCUT2D eigenvalue weighted by molar-refractivity contribution is 5.86. The molecule has 0 bridgehead atoms. The van der Waals surface area contributed by atoms with Gasteiger partial charge in [0.1, 0.15) is 17.5 Å². The second kappa shape index (κ2) is 11.8. The zero-order chi connectivity index (χ0) is 28.9. The van der Waals surface area contributed by atoms with E-state index < -0.39 is 60.9 Å². The van der Waals surface area contributed by atoms with Crippen LogP contribution in [0.15, 0.2) is 42.6 Å². The molecule has 0 saturated carbocycles. The van der Waals surface area contributed by atoms with Crippen molar-refractivity contribution in [3.63, 3.8) is 0 Å². The molecule has 14 heteroatoms. The SMILES string of the molecule is C[C@@H](NC(=O)C(Cc1ccccc1OC(F)(F)F)N(C(=O)O)C(C)(C)C)c1ccc(OCC(F)(F)F)cn1. The molecule has 2 N–H and O–H groups in total. The molecule has 1 aromatic heterocycles. The number of carboxylic acid groups (broad SMARTS) is 1. The quantitative estimate of drug-likeness (QED) is 0.400. The number of aromatic nitrogens is 1. The Bertz CT molecular complexity index is 1100. The summed E-state index contributed by atoms with van der Waals surface area (Å²) in [4.78, 5) is 30.3. The van der Waals surface area contributed by atoms with E-state index in [0.29, 0.717) is 0 Å². The summed E-state index contributed by atoms with van der Waals surface area (Å²) in [5.41, 5.74) is -0.973. The van der Waals surface area contributed by atoms with Gasteiger partial charge in [-0.15, -0.1) is 13.2 Å². The van der Waals surface area contributed by atoms with Gasteiger partial charge >= 0.3 is 18.6 Å². The molecule has 0 aliphatic carbocycles. The fourth-order valence-corrected chi connectivity index (χ4v) is 3.58. The minimum atomic E-state index is -5.01. The number of hydrogen-bond donors (Lipinski definition) is 2. The molecule has 2 atom stereocenters. The van der Waals surface area contributed by atoms with E-state index in [4.69, 9.17) is 0 Å². The molecule has 2 aromatic rings. The van der Waals surface area contributed by atoms with Crippen LogP contribution in [-0.2, 0) is 11.2 Å².